The van der Waals surface area contributed by atoms with E-state index in [1.165, 1.54) is 10.6 Å². The molecule has 2 heterocycles. The number of nitrogens with zero attached hydrogens (tertiary/aromatic N) is 2. The second-order valence-electron chi connectivity index (χ2n) is 5.49. The van der Waals surface area contributed by atoms with Crippen molar-refractivity contribution in [2.75, 3.05) is 0 Å². The molecular weight excluding hydrogens is 304 g/mol. The van der Waals surface area contributed by atoms with E-state index in [0.29, 0.717) is 5.65 Å². The number of carbonyl (C=O) groups excluding carboxylic acids is 1. The van der Waals surface area contributed by atoms with Gasteiger partial charge in [0, 0.05) is 24.5 Å². The topological polar surface area (TPSA) is 89.5 Å². The highest BCUT2D eigenvalue weighted by Gasteiger charge is 2.22. The van der Waals surface area contributed by atoms with Crippen molar-refractivity contribution in [3.8, 4) is 0 Å². The van der Waals surface area contributed by atoms with Crippen LogP contribution >= 0.6 is 12.4 Å². The molecule has 0 unspecified atom stereocenters. The van der Waals surface area contributed by atoms with Gasteiger partial charge in [0.15, 0.2) is 0 Å². The Kier molecular flexibility index (Phi) is 5.15. The van der Waals surface area contributed by atoms with E-state index in [4.69, 9.17) is 5.73 Å². The average molecular weight is 323 g/mol. The third-order valence-electron chi connectivity index (χ3n) is 3.97. The Bertz CT molecular complexity index is 723. The van der Waals surface area contributed by atoms with Crippen LogP contribution < -0.4 is 16.6 Å². The van der Waals surface area contributed by atoms with Gasteiger partial charge in [0.1, 0.15) is 11.2 Å². The first kappa shape index (κ1) is 16.5. The van der Waals surface area contributed by atoms with E-state index in [9.17, 15) is 9.59 Å². The maximum atomic E-state index is 12.3. The Morgan fingerprint density at radius 1 is 1.27 bits per heavy atom. The van der Waals surface area contributed by atoms with Crippen LogP contribution in [0.4, 0.5) is 0 Å². The SMILES string of the molecule is Cl.NC1CCC(NC(=O)c2cnc3ccccn3c2=O)CC1. The van der Waals surface area contributed by atoms with E-state index < -0.39 is 0 Å². The normalized spacial score (nSPS) is 21.1. The van der Waals surface area contributed by atoms with Crippen LogP contribution in [0.5, 0.6) is 0 Å². The number of carbonyl (C=O) groups is 1. The number of halogens is 1. The highest BCUT2D eigenvalue weighted by molar-refractivity contribution is 5.93. The molecule has 0 aliphatic heterocycles. The molecule has 0 spiro atoms. The number of pyridine rings is 1. The first-order valence-corrected chi connectivity index (χ1v) is 7.18. The van der Waals surface area contributed by atoms with E-state index in [-0.39, 0.29) is 41.5 Å². The molecule has 0 radical (unpaired) electrons. The van der Waals surface area contributed by atoms with Crippen molar-refractivity contribution in [1.29, 1.82) is 0 Å². The van der Waals surface area contributed by atoms with Crippen LogP contribution in [0.15, 0.2) is 35.4 Å². The van der Waals surface area contributed by atoms with Gasteiger partial charge >= 0.3 is 0 Å². The van der Waals surface area contributed by atoms with Crippen LogP contribution in [0.2, 0.25) is 0 Å². The molecule has 1 fully saturated rings. The average Bonchev–Trinajstić information content (AvgIpc) is 2.50. The molecule has 7 heteroatoms. The highest BCUT2D eigenvalue weighted by atomic mass is 35.5. The summed E-state index contributed by atoms with van der Waals surface area (Å²) in [4.78, 5) is 28.7. The molecule has 3 N–H and O–H groups in total. The fraction of sp³-hybridized carbons (Fsp3) is 0.400. The van der Waals surface area contributed by atoms with Crippen LogP contribution in [-0.4, -0.2) is 27.4 Å². The number of amides is 1. The Balaban J connectivity index is 0.00000176. The van der Waals surface area contributed by atoms with E-state index >= 15 is 0 Å². The van der Waals surface area contributed by atoms with E-state index in [0.717, 1.165) is 25.7 Å². The standard InChI is InChI=1S/C15H18N4O2.ClH/c16-10-4-6-11(7-5-10)18-14(20)12-9-17-13-3-1-2-8-19(13)15(12)21;/h1-3,8-11H,4-7,16H2,(H,18,20);1H. The Hall–Kier alpha value is -1.92. The quantitative estimate of drug-likeness (QED) is 0.867. The summed E-state index contributed by atoms with van der Waals surface area (Å²) < 4.78 is 1.38. The van der Waals surface area contributed by atoms with Gasteiger partial charge in [-0.1, -0.05) is 6.07 Å². The molecule has 0 atom stereocenters. The molecule has 118 valence electrons. The molecular formula is C15H19ClN4O2. The van der Waals surface area contributed by atoms with Crippen LogP contribution in [-0.2, 0) is 0 Å². The van der Waals surface area contributed by atoms with Crippen LogP contribution in [0.25, 0.3) is 5.65 Å². The van der Waals surface area contributed by atoms with Crippen molar-refractivity contribution in [2.24, 2.45) is 5.73 Å². The Morgan fingerprint density at radius 3 is 2.73 bits per heavy atom. The first-order valence-electron chi connectivity index (χ1n) is 7.18. The maximum Gasteiger partial charge on any atom is 0.270 e. The predicted octanol–water partition coefficient (Wildman–Crippen LogP) is 1.12. The molecule has 0 saturated heterocycles. The lowest BCUT2D eigenvalue weighted by atomic mass is 9.92. The Morgan fingerprint density at radius 2 is 2.00 bits per heavy atom. The predicted molar refractivity (Wildman–Crippen MR) is 86.4 cm³/mol. The molecule has 1 amide bonds. The van der Waals surface area contributed by atoms with Gasteiger partial charge in [-0.25, -0.2) is 4.98 Å². The minimum atomic E-state index is -0.355. The lowest BCUT2D eigenvalue weighted by Gasteiger charge is -2.26. The number of hydrogen-bond donors (Lipinski definition) is 2. The third kappa shape index (κ3) is 3.28. The number of rotatable bonds is 2. The molecule has 0 aromatic carbocycles. The number of hydrogen-bond acceptors (Lipinski definition) is 4. The summed E-state index contributed by atoms with van der Waals surface area (Å²) in [6.45, 7) is 0. The molecule has 1 aliphatic rings. The second kappa shape index (κ2) is 6.89. The molecule has 1 saturated carbocycles. The van der Waals surface area contributed by atoms with Crippen molar-refractivity contribution in [1.82, 2.24) is 14.7 Å². The van der Waals surface area contributed by atoms with Gasteiger partial charge < -0.3 is 11.1 Å². The van der Waals surface area contributed by atoms with Gasteiger partial charge in [-0.3, -0.25) is 14.0 Å². The third-order valence-corrected chi connectivity index (χ3v) is 3.97. The van der Waals surface area contributed by atoms with Gasteiger partial charge in [-0.15, -0.1) is 12.4 Å². The van der Waals surface area contributed by atoms with Crippen molar-refractivity contribution < 1.29 is 4.79 Å². The zero-order chi connectivity index (χ0) is 14.8. The number of nitrogens with two attached hydrogens (primary N) is 1. The van der Waals surface area contributed by atoms with Crippen LogP contribution in [0, 0.1) is 0 Å². The summed E-state index contributed by atoms with van der Waals surface area (Å²) in [5.41, 5.74) is 6.11. The van der Waals surface area contributed by atoms with Crippen molar-refractivity contribution in [3.05, 3.63) is 46.5 Å². The van der Waals surface area contributed by atoms with E-state index in [1.807, 2.05) is 0 Å². The molecule has 22 heavy (non-hydrogen) atoms. The lowest BCUT2D eigenvalue weighted by molar-refractivity contribution is 0.0924. The van der Waals surface area contributed by atoms with Gasteiger partial charge in [0.05, 0.1) is 0 Å². The maximum absolute atomic E-state index is 12.3. The fourth-order valence-corrected chi connectivity index (χ4v) is 2.71. The Labute approximate surface area is 134 Å². The summed E-state index contributed by atoms with van der Waals surface area (Å²) in [5.74, 6) is -0.355. The molecule has 6 nitrogen and oxygen atoms in total. The van der Waals surface area contributed by atoms with Crippen molar-refractivity contribution in [2.45, 2.75) is 37.8 Å². The summed E-state index contributed by atoms with van der Waals surface area (Å²) in [7, 11) is 0. The minimum absolute atomic E-state index is 0. The zero-order valence-electron chi connectivity index (χ0n) is 12.1. The second-order valence-corrected chi connectivity index (χ2v) is 5.49. The fourth-order valence-electron chi connectivity index (χ4n) is 2.71. The van der Waals surface area contributed by atoms with Gasteiger partial charge in [0.2, 0.25) is 0 Å². The summed E-state index contributed by atoms with van der Waals surface area (Å²) >= 11 is 0. The summed E-state index contributed by atoms with van der Waals surface area (Å²) in [5, 5.41) is 2.91. The van der Waals surface area contributed by atoms with E-state index in [2.05, 4.69) is 10.3 Å². The minimum Gasteiger partial charge on any atom is -0.349 e. The van der Waals surface area contributed by atoms with Gasteiger partial charge in [-0.2, -0.15) is 0 Å². The largest absolute Gasteiger partial charge is 0.349 e. The van der Waals surface area contributed by atoms with Gasteiger partial charge in [-0.05, 0) is 37.8 Å². The molecule has 2 aromatic heterocycles. The molecule has 2 aromatic rings. The van der Waals surface area contributed by atoms with Crippen molar-refractivity contribution >= 4 is 24.0 Å². The van der Waals surface area contributed by atoms with Crippen LogP contribution in [0.1, 0.15) is 36.0 Å². The number of nitrogens with one attached hydrogen (secondary N) is 1. The van der Waals surface area contributed by atoms with Crippen LogP contribution in [0.3, 0.4) is 0 Å². The molecule has 0 bridgehead atoms. The first-order chi connectivity index (χ1) is 10.1. The van der Waals surface area contributed by atoms with E-state index in [1.54, 1.807) is 24.4 Å². The smallest absolute Gasteiger partial charge is 0.270 e. The van der Waals surface area contributed by atoms with Crippen molar-refractivity contribution in [3.63, 3.8) is 0 Å². The monoisotopic (exact) mass is 322 g/mol. The number of fused-ring (bicyclic) bond motifs is 1. The van der Waals surface area contributed by atoms with Gasteiger partial charge in [0.25, 0.3) is 11.5 Å². The highest BCUT2D eigenvalue weighted by Crippen LogP contribution is 2.17. The summed E-state index contributed by atoms with van der Waals surface area (Å²) in [6.07, 6.45) is 6.48. The molecule has 1 aliphatic carbocycles. The number of aromatic nitrogens is 2. The lowest BCUT2D eigenvalue weighted by Crippen LogP contribution is -2.42. The molecule has 3 rings (SSSR count). The summed E-state index contributed by atoms with van der Waals surface area (Å²) in [6, 6.07) is 5.58. The zero-order valence-corrected chi connectivity index (χ0v) is 12.9.